The zero-order chi connectivity index (χ0) is 12.2. The van der Waals surface area contributed by atoms with E-state index < -0.39 is 11.7 Å². The quantitative estimate of drug-likeness (QED) is 0.578. The highest BCUT2D eigenvalue weighted by molar-refractivity contribution is 5.69. The maximum Gasteiger partial charge on any atom is 0.407 e. The molecule has 1 amide bonds. The van der Waals surface area contributed by atoms with Crippen molar-refractivity contribution in [2.24, 2.45) is 5.92 Å². The molecule has 4 nitrogen and oxygen atoms in total. The molecule has 0 spiro atoms. The predicted octanol–water partition coefficient (Wildman–Crippen LogP) is 2.04. The normalized spacial score (nSPS) is 24.9. The summed E-state index contributed by atoms with van der Waals surface area (Å²) in [6.07, 6.45) is 5.74. The van der Waals surface area contributed by atoms with Crippen LogP contribution in [-0.2, 0) is 9.53 Å². The van der Waals surface area contributed by atoms with Gasteiger partial charge in [-0.25, -0.2) is 4.79 Å². The smallest absolute Gasteiger partial charge is 0.407 e. The van der Waals surface area contributed by atoms with E-state index in [0.29, 0.717) is 12.8 Å². The van der Waals surface area contributed by atoms with Crippen LogP contribution >= 0.6 is 0 Å². The standard InChI is InChI=1S/C12H19NO3/c1-12(2,3)16-11(15)13-10-7-5-4-6-9(10)8-14/h4-5,8-10H,6-7H2,1-3H3,(H,13,15). The number of hydrogen-bond acceptors (Lipinski definition) is 3. The SMILES string of the molecule is CC(C)(C)OC(=O)NC1CC=CCC1C=O. The monoisotopic (exact) mass is 225 g/mol. The molecule has 0 heterocycles. The molecule has 0 bridgehead atoms. The minimum Gasteiger partial charge on any atom is -0.444 e. The van der Waals surface area contributed by atoms with Crippen LogP contribution in [0.5, 0.6) is 0 Å². The van der Waals surface area contributed by atoms with E-state index in [1.54, 1.807) is 0 Å². The molecular formula is C12H19NO3. The summed E-state index contributed by atoms with van der Waals surface area (Å²) in [5, 5.41) is 2.73. The van der Waals surface area contributed by atoms with Crippen molar-refractivity contribution in [2.45, 2.75) is 45.3 Å². The number of carbonyl (C=O) groups is 2. The first-order valence-electron chi connectivity index (χ1n) is 5.52. The molecule has 0 aromatic carbocycles. The van der Waals surface area contributed by atoms with Crippen LogP contribution < -0.4 is 5.32 Å². The van der Waals surface area contributed by atoms with E-state index in [9.17, 15) is 9.59 Å². The summed E-state index contributed by atoms with van der Waals surface area (Å²) in [5.74, 6) is -0.141. The highest BCUT2D eigenvalue weighted by Gasteiger charge is 2.25. The molecule has 1 aliphatic rings. The van der Waals surface area contributed by atoms with Gasteiger partial charge in [-0.15, -0.1) is 0 Å². The molecule has 16 heavy (non-hydrogen) atoms. The lowest BCUT2D eigenvalue weighted by Crippen LogP contribution is -2.44. The van der Waals surface area contributed by atoms with Gasteiger partial charge in [-0.1, -0.05) is 12.2 Å². The summed E-state index contributed by atoms with van der Waals surface area (Å²) in [5.41, 5.74) is -0.509. The van der Waals surface area contributed by atoms with Crippen molar-refractivity contribution in [2.75, 3.05) is 0 Å². The van der Waals surface area contributed by atoms with Crippen molar-refractivity contribution < 1.29 is 14.3 Å². The van der Waals surface area contributed by atoms with Crippen LogP contribution in [0.15, 0.2) is 12.2 Å². The number of allylic oxidation sites excluding steroid dienone is 1. The van der Waals surface area contributed by atoms with Gasteiger partial charge in [0, 0.05) is 12.0 Å². The Bertz CT molecular complexity index is 291. The molecule has 1 aliphatic carbocycles. The first-order valence-corrected chi connectivity index (χ1v) is 5.52. The average Bonchev–Trinajstić information content (AvgIpc) is 2.15. The second kappa shape index (κ2) is 5.14. The third-order valence-corrected chi connectivity index (χ3v) is 2.36. The molecule has 90 valence electrons. The number of aldehydes is 1. The summed E-state index contributed by atoms with van der Waals surface area (Å²) >= 11 is 0. The topological polar surface area (TPSA) is 55.4 Å². The maximum atomic E-state index is 11.5. The molecule has 0 saturated carbocycles. The highest BCUT2D eigenvalue weighted by atomic mass is 16.6. The molecule has 4 heteroatoms. The molecule has 1 N–H and O–H groups in total. The molecule has 0 fully saturated rings. The molecule has 1 rings (SSSR count). The van der Waals surface area contributed by atoms with E-state index in [1.165, 1.54) is 0 Å². The number of hydrogen-bond donors (Lipinski definition) is 1. The Morgan fingerprint density at radius 2 is 2.00 bits per heavy atom. The van der Waals surface area contributed by atoms with Crippen molar-refractivity contribution in [3.63, 3.8) is 0 Å². The van der Waals surface area contributed by atoms with Gasteiger partial charge in [0.25, 0.3) is 0 Å². The number of alkyl carbamates (subject to hydrolysis) is 1. The number of ether oxygens (including phenoxy) is 1. The fraction of sp³-hybridized carbons (Fsp3) is 0.667. The Morgan fingerprint density at radius 3 is 2.56 bits per heavy atom. The Morgan fingerprint density at radius 1 is 1.38 bits per heavy atom. The molecule has 0 aromatic heterocycles. The third-order valence-electron chi connectivity index (χ3n) is 2.36. The van der Waals surface area contributed by atoms with Gasteiger partial charge in [0.15, 0.2) is 0 Å². The van der Waals surface area contributed by atoms with Gasteiger partial charge in [0.05, 0.1) is 0 Å². The molecule has 2 atom stereocenters. The van der Waals surface area contributed by atoms with E-state index in [-0.39, 0.29) is 12.0 Å². The van der Waals surface area contributed by atoms with E-state index in [2.05, 4.69) is 5.32 Å². The van der Waals surface area contributed by atoms with E-state index in [0.717, 1.165) is 6.29 Å². The predicted molar refractivity (Wildman–Crippen MR) is 61.1 cm³/mol. The van der Waals surface area contributed by atoms with Crippen molar-refractivity contribution in [3.8, 4) is 0 Å². The summed E-state index contributed by atoms with van der Waals surface area (Å²) in [4.78, 5) is 22.3. The van der Waals surface area contributed by atoms with Gasteiger partial charge in [-0.3, -0.25) is 0 Å². The second-order valence-electron chi connectivity index (χ2n) is 5.00. The van der Waals surface area contributed by atoms with Crippen molar-refractivity contribution in [3.05, 3.63) is 12.2 Å². The summed E-state index contributed by atoms with van der Waals surface area (Å²) in [6, 6.07) is -0.141. The summed E-state index contributed by atoms with van der Waals surface area (Å²) < 4.78 is 5.14. The Kier molecular flexibility index (Phi) is 4.10. The fourth-order valence-electron chi connectivity index (χ4n) is 1.61. The number of nitrogens with one attached hydrogen (secondary N) is 1. The molecule has 0 radical (unpaired) electrons. The van der Waals surface area contributed by atoms with Gasteiger partial charge >= 0.3 is 6.09 Å². The summed E-state index contributed by atoms with van der Waals surface area (Å²) in [6.45, 7) is 5.43. The zero-order valence-corrected chi connectivity index (χ0v) is 10.0. The Balaban J connectivity index is 2.49. The lowest BCUT2D eigenvalue weighted by Gasteiger charge is -2.27. The Labute approximate surface area is 96.0 Å². The van der Waals surface area contributed by atoms with Crippen LogP contribution in [0.1, 0.15) is 33.6 Å². The Hall–Kier alpha value is -1.32. The lowest BCUT2D eigenvalue weighted by atomic mass is 9.90. The van der Waals surface area contributed by atoms with Crippen LogP contribution in [0.4, 0.5) is 4.79 Å². The highest BCUT2D eigenvalue weighted by Crippen LogP contribution is 2.17. The number of amides is 1. The first kappa shape index (κ1) is 12.7. The van der Waals surface area contributed by atoms with Gasteiger partial charge < -0.3 is 14.8 Å². The zero-order valence-electron chi connectivity index (χ0n) is 10.0. The maximum absolute atomic E-state index is 11.5. The van der Waals surface area contributed by atoms with Crippen LogP contribution in [0.25, 0.3) is 0 Å². The number of rotatable bonds is 2. The second-order valence-corrected chi connectivity index (χ2v) is 5.00. The number of carbonyl (C=O) groups excluding carboxylic acids is 2. The van der Waals surface area contributed by atoms with Crippen molar-refractivity contribution in [1.82, 2.24) is 5.32 Å². The molecule has 0 saturated heterocycles. The van der Waals surface area contributed by atoms with E-state index >= 15 is 0 Å². The lowest BCUT2D eigenvalue weighted by molar-refractivity contribution is -0.111. The van der Waals surface area contributed by atoms with Gasteiger partial charge in [-0.05, 0) is 33.6 Å². The van der Waals surface area contributed by atoms with Gasteiger partial charge in [-0.2, -0.15) is 0 Å². The van der Waals surface area contributed by atoms with Crippen molar-refractivity contribution in [1.29, 1.82) is 0 Å². The van der Waals surface area contributed by atoms with Gasteiger partial charge in [0.2, 0.25) is 0 Å². The van der Waals surface area contributed by atoms with Crippen LogP contribution in [0.2, 0.25) is 0 Å². The first-order chi connectivity index (χ1) is 7.42. The summed E-state index contributed by atoms with van der Waals surface area (Å²) in [7, 11) is 0. The molecule has 2 unspecified atom stereocenters. The van der Waals surface area contributed by atoms with E-state index in [1.807, 2.05) is 32.9 Å². The van der Waals surface area contributed by atoms with Crippen LogP contribution in [-0.4, -0.2) is 24.0 Å². The third kappa shape index (κ3) is 4.04. The minimum absolute atomic E-state index is 0.141. The van der Waals surface area contributed by atoms with Crippen LogP contribution in [0, 0.1) is 5.92 Å². The molecule has 0 aliphatic heterocycles. The van der Waals surface area contributed by atoms with Crippen molar-refractivity contribution >= 4 is 12.4 Å². The molecule has 0 aromatic rings. The largest absolute Gasteiger partial charge is 0.444 e. The van der Waals surface area contributed by atoms with E-state index in [4.69, 9.17) is 4.74 Å². The fourth-order valence-corrected chi connectivity index (χ4v) is 1.61. The molecular weight excluding hydrogens is 206 g/mol. The van der Waals surface area contributed by atoms with Gasteiger partial charge in [0.1, 0.15) is 11.9 Å². The minimum atomic E-state index is -0.509. The average molecular weight is 225 g/mol. The van der Waals surface area contributed by atoms with Crippen LogP contribution in [0.3, 0.4) is 0 Å².